The monoisotopic (exact) mass is 447 g/mol. The van der Waals surface area contributed by atoms with Crippen LogP contribution in [0.25, 0.3) is 0 Å². The van der Waals surface area contributed by atoms with E-state index in [4.69, 9.17) is 38.0 Å². The van der Waals surface area contributed by atoms with Crippen molar-refractivity contribution in [2.24, 2.45) is 0 Å². The number of nitrogens with one attached hydrogen (secondary N) is 3. The lowest BCUT2D eigenvalue weighted by Crippen LogP contribution is -2.45. The van der Waals surface area contributed by atoms with Gasteiger partial charge in [-0.25, -0.2) is 0 Å². The normalized spacial score (nSPS) is 15.8. The lowest BCUT2D eigenvalue weighted by molar-refractivity contribution is -0.113. The fourth-order valence-corrected chi connectivity index (χ4v) is 3.64. The van der Waals surface area contributed by atoms with E-state index < -0.39 is 6.04 Å². The SMILES string of the molecule is COc1cc(OC)c([C@H]2NC(=S)NC(C)=C2C(=O)Nc2ccc(Cl)cc2)cc1OC. The molecule has 0 saturated carbocycles. The van der Waals surface area contributed by atoms with Crippen molar-refractivity contribution in [3.05, 3.63) is 58.3 Å². The third-order valence-electron chi connectivity index (χ3n) is 4.66. The van der Waals surface area contributed by atoms with Crippen molar-refractivity contribution < 1.29 is 19.0 Å². The molecule has 0 fully saturated rings. The summed E-state index contributed by atoms with van der Waals surface area (Å²) >= 11 is 11.3. The summed E-state index contributed by atoms with van der Waals surface area (Å²) in [6.07, 6.45) is 0. The van der Waals surface area contributed by atoms with Crippen LogP contribution in [-0.4, -0.2) is 32.3 Å². The van der Waals surface area contributed by atoms with Crippen molar-refractivity contribution in [1.82, 2.24) is 10.6 Å². The number of rotatable bonds is 6. The molecule has 0 spiro atoms. The van der Waals surface area contributed by atoms with Gasteiger partial charge in [-0.3, -0.25) is 4.79 Å². The molecule has 2 aromatic carbocycles. The fraction of sp³-hybridized carbons (Fsp3) is 0.238. The second kappa shape index (κ2) is 9.23. The number of carbonyl (C=O) groups excluding carboxylic acids is 1. The summed E-state index contributed by atoms with van der Waals surface area (Å²) in [6, 6.07) is 9.80. The van der Waals surface area contributed by atoms with Crippen molar-refractivity contribution in [2.75, 3.05) is 26.6 Å². The minimum absolute atomic E-state index is 0.292. The van der Waals surface area contributed by atoms with Gasteiger partial charge in [0.15, 0.2) is 16.6 Å². The number of hydrogen-bond acceptors (Lipinski definition) is 5. The van der Waals surface area contributed by atoms with E-state index in [1.54, 1.807) is 64.7 Å². The Morgan fingerprint density at radius 2 is 1.63 bits per heavy atom. The molecule has 1 aliphatic heterocycles. The first-order chi connectivity index (χ1) is 14.4. The van der Waals surface area contributed by atoms with Crippen LogP contribution in [0.5, 0.6) is 17.2 Å². The lowest BCUT2D eigenvalue weighted by atomic mass is 9.93. The molecule has 1 amide bonds. The largest absolute Gasteiger partial charge is 0.496 e. The highest BCUT2D eigenvalue weighted by atomic mass is 35.5. The molecule has 1 heterocycles. The van der Waals surface area contributed by atoms with Gasteiger partial charge < -0.3 is 30.2 Å². The van der Waals surface area contributed by atoms with Gasteiger partial charge in [0, 0.05) is 28.0 Å². The number of benzene rings is 2. The van der Waals surface area contributed by atoms with E-state index in [0.717, 1.165) is 0 Å². The number of carbonyl (C=O) groups is 1. The van der Waals surface area contributed by atoms with E-state index >= 15 is 0 Å². The van der Waals surface area contributed by atoms with Crippen molar-refractivity contribution in [3.63, 3.8) is 0 Å². The van der Waals surface area contributed by atoms with Crippen LogP contribution in [-0.2, 0) is 4.79 Å². The highest BCUT2D eigenvalue weighted by Crippen LogP contribution is 2.40. The molecule has 2 aromatic rings. The number of halogens is 1. The van der Waals surface area contributed by atoms with Crippen molar-refractivity contribution in [1.29, 1.82) is 0 Å². The Bertz CT molecular complexity index is 1010. The molecule has 0 unspecified atom stereocenters. The van der Waals surface area contributed by atoms with Gasteiger partial charge in [-0.2, -0.15) is 0 Å². The summed E-state index contributed by atoms with van der Waals surface area (Å²) in [5, 5.41) is 10.1. The zero-order chi connectivity index (χ0) is 21.8. The van der Waals surface area contributed by atoms with E-state index in [0.29, 0.717) is 49.9 Å². The van der Waals surface area contributed by atoms with Gasteiger partial charge in [-0.15, -0.1) is 0 Å². The number of allylic oxidation sites excluding steroid dienone is 1. The number of amides is 1. The molecule has 9 heteroatoms. The van der Waals surface area contributed by atoms with Crippen LogP contribution in [0.3, 0.4) is 0 Å². The molecule has 3 N–H and O–H groups in total. The van der Waals surface area contributed by atoms with E-state index in [2.05, 4.69) is 16.0 Å². The summed E-state index contributed by atoms with van der Waals surface area (Å²) in [4.78, 5) is 13.2. The molecule has 1 atom stereocenters. The Hall–Kier alpha value is -2.97. The molecular weight excluding hydrogens is 426 g/mol. The zero-order valence-corrected chi connectivity index (χ0v) is 18.5. The third kappa shape index (κ3) is 4.44. The summed E-state index contributed by atoms with van der Waals surface area (Å²) in [7, 11) is 4.64. The first-order valence-electron chi connectivity index (χ1n) is 9.03. The average Bonchev–Trinajstić information content (AvgIpc) is 2.73. The van der Waals surface area contributed by atoms with Gasteiger partial charge in [0.1, 0.15) is 5.75 Å². The quantitative estimate of drug-likeness (QED) is 0.581. The smallest absolute Gasteiger partial charge is 0.255 e. The number of anilines is 1. The number of hydrogen-bond donors (Lipinski definition) is 3. The molecule has 0 aliphatic carbocycles. The molecule has 30 heavy (non-hydrogen) atoms. The summed E-state index contributed by atoms with van der Waals surface area (Å²) in [5.74, 6) is 1.26. The second-order valence-corrected chi connectivity index (χ2v) is 7.32. The lowest BCUT2D eigenvalue weighted by Gasteiger charge is -2.31. The van der Waals surface area contributed by atoms with Crippen LogP contribution in [0.15, 0.2) is 47.7 Å². The van der Waals surface area contributed by atoms with Crippen molar-refractivity contribution in [2.45, 2.75) is 13.0 Å². The molecule has 0 saturated heterocycles. The molecule has 7 nitrogen and oxygen atoms in total. The minimum atomic E-state index is -0.569. The van der Waals surface area contributed by atoms with E-state index in [1.165, 1.54) is 0 Å². The van der Waals surface area contributed by atoms with E-state index in [9.17, 15) is 4.79 Å². The van der Waals surface area contributed by atoms with E-state index in [1.807, 2.05) is 0 Å². The number of methoxy groups -OCH3 is 3. The maximum atomic E-state index is 13.2. The van der Waals surface area contributed by atoms with Crippen molar-refractivity contribution in [3.8, 4) is 17.2 Å². The van der Waals surface area contributed by atoms with Gasteiger partial charge in [0.2, 0.25) is 0 Å². The third-order valence-corrected chi connectivity index (χ3v) is 5.13. The molecular formula is C21H22ClN3O4S. The molecule has 3 rings (SSSR count). The first kappa shape index (κ1) is 21.7. The maximum absolute atomic E-state index is 13.2. The van der Waals surface area contributed by atoms with Gasteiger partial charge in [0.25, 0.3) is 5.91 Å². The Balaban J connectivity index is 2.05. The topological polar surface area (TPSA) is 80.9 Å². The van der Waals surface area contributed by atoms with Crippen LogP contribution in [0.4, 0.5) is 5.69 Å². The Morgan fingerprint density at radius 3 is 2.23 bits per heavy atom. The van der Waals surface area contributed by atoms with Crippen molar-refractivity contribution >= 4 is 40.5 Å². The predicted molar refractivity (Wildman–Crippen MR) is 120 cm³/mol. The summed E-state index contributed by atoms with van der Waals surface area (Å²) in [5.41, 5.74) is 2.40. The van der Waals surface area contributed by atoms with Gasteiger partial charge in [0.05, 0.1) is 32.9 Å². The summed E-state index contributed by atoms with van der Waals surface area (Å²) < 4.78 is 16.4. The minimum Gasteiger partial charge on any atom is -0.496 e. The van der Waals surface area contributed by atoms with Crippen LogP contribution >= 0.6 is 23.8 Å². The predicted octanol–water partition coefficient (Wildman–Crippen LogP) is 3.80. The highest BCUT2D eigenvalue weighted by molar-refractivity contribution is 7.80. The number of thiocarbonyl (C=S) groups is 1. The van der Waals surface area contributed by atoms with Crippen LogP contribution in [0.2, 0.25) is 5.02 Å². The van der Waals surface area contributed by atoms with Gasteiger partial charge in [-0.1, -0.05) is 11.6 Å². The molecule has 158 valence electrons. The fourth-order valence-electron chi connectivity index (χ4n) is 3.24. The summed E-state index contributed by atoms with van der Waals surface area (Å²) in [6.45, 7) is 1.80. The molecule has 0 aromatic heterocycles. The van der Waals surface area contributed by atoms with Crippen LogP contribution in [0.1, 0.15) is 18.5 Å². The Kier molecular flexibility index (Phi) is 6.69. The maximum Gasteiger partial charge on any atom is 0.255 e. The highest BCUT2D eigenvalue weighted by Gasteiger charge is 2.33. The standard InChI is InChI=1S/C21H22ClN3O4S/c1-11-18(20(26)24-13-7-5-12(22)6-8-13)19(25-21(30)23-11)14-9-16(28-3)17(29-4)10-15(14)27-2/h5-10,19H,1-4H3,(H,24,26)(H2,23,25,30)/t19-/m1/s1. The van der Waals surface area contributed by atoms with Crippen LogP contribution < -0.4 is 30.2 Å². The van der Waals surface area contributed by atoms with Crippen LogP contribution in [0, 0.1) is 0 Å². The Morgan fingerprint density at radius 1 is 1.03 bits per heavy atom. The van der Waals surface area contributed by atoms with Gasteiger partial charge >= 0.3 is 0 Å². The molecule has 1 aliphatic rings. The zero-order valence-electron chi connectivity index (χ0n) is 17.0. The first-order valence-corrected chi connectivity index (χ1v) is 9.81. The number of ether oxygens (including phenoxy) is 3. The second-order valence-electron chi connectivity index (χ2n) is 6.48. The molecule has 0 radical (unpaired) electrons. The Labute approximate surface area is 185 Å². The average molecular weight is 448 g/mol. The molecule has 0 bridgehead atoms. The van der Waals surface area contributed by atoms with Gasteiger partial charge in [-0.05, 0) is 49.5 Å². The van der Waals surface area contributed by atoms with E-state index in [-0.39, 0.29) is 5.91 Å².